The third-order valence-corrected chi connectivity index (χ3v) is 4.86. The van der Waals surface area contributed by atoms with E-state index >= 15 is 0 Å². The molecule has 0 amide bonds. The van der Waals surface area contributed by atoms with Crippen molar-refractivity contribution in [3.63, 3.8) is 0 Å². The summed E-state index contributed by atoms with van der Waals surface area (Å²) < 4.78 is 63.1. The van der Waals surface area contributed by atoms with Crippen LogP contribution in [-0.4, -0.2) is 78.1 Å². The predicted octanol–water partition coefficient (Wildman–Crippen LogP) is -2.76. The first-order chi connectivity index (χ1) is 10.6. The Morgan fingerprint density at radius 3 is 1.54 bits per heavy atom. The van der Waals surface area contributed by atoms with Gasteiger partial charge in [-0.3, -0.25) is 29.6 Å². The number of allylic oxidation sites excluding steroid dienone is 1. The topological polar surface area (TPSA) is 265 Å². The highest BCUT2D eigenvalue weighted by molar-refractivity contribution is 7.89. The Morgan fingerprint density at radius 2 is 1.29 bits per heavy atom. The molecular weight excluding hydrogens is 386 g/mol. The standard InChI is InChI=1S/C6H7N3O13S2/c10-4-1(7(11)12)5(23(17,18)19)3(9(15)16)6(24(20,21)22)2(4)8(13)14/h5-6,10H,(H,11,12)(H,15,16)(H,17,18,19)(H,20,21,22). The van der Waals surface area contributed by atoms with Gasteiger partial charge >= 0.3 is 11.4 Å². The van der Waals surface area contributed by atoms with Crippen molar-refractivity contribution in [3.05, 3.63) is 32.0 Å². The summed E-state index contributed by atoms with van der Waals surface area (Å²) in [5, 5.41) is 53.7. The number of nitro groups is 1. The van der Waals surface area contributed by atoms with Crippen LogP contribution in [0.25, 0.3) is 0 Å². The van der Waals surface area contributed by atoms with Crippen LogP contribution in [0.15, 0.2) is 11.5 Å². The van der Waals surface area contributed by atoms with Crippen molar-refractivity contribution in [2.45, 2.75) is 10.5 Å². The molecule has 0 radical (unpaired) electrons. The first kappa shape index (κ1) is 19.3. The first-order valence-corrected chi connectivity index (χ1v) is 8.19. The second-order valence-electron chi connectivity index (χ2n) is 4.14. The molecule has 1 rings (SSSR count). The van der Waals surface area contributed by atoms with Crippen molar-refractivity contribution in [1.82, 2.24) is 0 Å². The van der Waals surface area contributed by atoms with Gasteiger partial charge in [0.05, 0.1) is 4.92 Å². The Labute approximate surface area is 131 Å². The van der Waals surface area contributed by atoms with Crippen LogP contribution < -0.4 is 0 Å². The molecule has 2 unspecified atom stereocenters. The molecule has 0 fully saturated rings. The van der Waals surface area contributed by atoms with Crippen LogP contribution in [0.2, 0.25) is 0 Å². The Balaban J connectivity index is 4.23. The molecule has 1 aliphatic carbocycles. The summed E-state index contributed by atoms with van der Waals surface area (Å²) in [4.78, 5) is 6.05. The van der Waals surface area contributed by atoms with Crippen LogP contribution >= 0.6 is 0 Å². The summed E-state index contributed by atoms with van der Waals surface area (Å²) in [5.74, 6) is -2.08. The fraction of sp³-hybridized carbons (Fsp3) is 0.333. The zero-order valence-corrected chi connectivity index (χ0v) is 12.4. The summed E-state index contributed by atoms with van der Waals surface area (Å²) >= 11 is 0. The van der Waals surface area contributed by atoms with Crippen molar-refractivity contribution in [1.29, 1.82) is 0 Å². The van der Waals surface area contributed by atoms with Gasteiger partial charge in [-0.15, -0.1) is 0 Å². The maximum atomic E-state index is 11.3. The van der Waals surface area contributed by atoms with Gasteiger partial charge in [0, 0.05) is 9.80 Å². The molecule has 24 heavy (non-hydrogen) atoms. The fourth-order valence-corrected chi connectivity index (χ4v) is 4.07. The lowest BCUT2D eigenvalue weighted by Gasteiger charge is -2.20. The molecule has 0 aromatic rings. The van der Waals surface area contributed by atoms with Gasteiger partial charge in [0.2, 0.25) is 0 Å². The van der Waals surface area contributed by atoms with Gasteiger partial charge in [-0.05, 0) is 0 Å². The van der Waals surface area contributed by atoms with E-state index in [-0.39, 0.29) is 0 Å². The van der Waals surface area contributed by atoms with Crippen LogP contribution in [0.4, 0.5) is 0 Å². The molecule has 0 aromatic heterocycles. The Hall–Kier alpha value is -2.70. The third kappa shape index (κ3) is 3.15. The van der Waals surface area contributed by atoms with E-state index in [1.165, 1.54) is 0 Å². The summed E-state index contributed by atoms with van der Waals surface area (Å²) in [6.07, 6.45) is 0. The molecule has 0 bridgehead atoms. The van der Waals surface area contributed by atoms with Gasteiger partial charge in [0.1, 0.15) is 0 Å². The molecule has 136 valence electrons. The first-order valence-electron chi connectivity index (χ1n) is 5.18. The molecule has 5 N–H and O–H groups in total. The Bertz CT molecular complexity index is 886. The molecule has 2 atom stereocenters. The maximum absolute atomic E-state index is 11.3. The fourth-order valence-electron chi connectivity index (χ4n) is 1.96. The molecule has 0 saturated heterocycles. The molecule has 0 saturated carbocycles. The van der Waals surface area contributed by atoms with Crippen LogP contribution in [-0.2, 0) is 20.2 Å². The number of aliphatic hydroxyl groups is 1. The molecule has 0 aliphatic heterocycles. The van der Waals surface area contributed by atoms with E-state index in [4.69, 9.17) is 19.5 Å². The van der Waals surface area contributed by atoms with E-state index in [1.54, 1.807) is 0 Å². The number of hydrogen-bond acceptors (Lipinski definition) is 11. The average molecular weight is 393 g/mol. The van der Waals surface area contributed by atoms with Crippen molar-refractivity contribution in [2.75, 3.05) is 0 Å². The number of aliphatic hydroxyl groups excluding tert-OH is 1. The van der Waals surface area contributed by atoms with E-state index in [2.05, 4.69) is 0 Å². The van der Waals surface area contributed by atoms with Gasteiger partial charge in [-0.25, -0.2) is 0 Å². The van der Waals surface area contributed by atoms with Crippen molar-refractivity contribution in [3.8, 4) is 0 Å². The van der Waals surface area contributed by atoms with Gasteiger partial charge in [0.15, 0.2) is 0 Å². The molecular formula is C6H7N3O13S2. The van der Waals surface area contributed by atoms with E-state index in [9.17, 15) is 42.5 Å². The highest BCUT2D eigenvalue weighted by atomic mass is 32.2. The number of hydrogen-bond donors (Lipinski definition) is 5. The van der Waals surface area contributed by atoms with E-state index in [0.717, 1.165) is 0 Å². The van der Waals surface area contributed by atoms with Crippen molar-refractivity contribution in [2.24, 2.45) is 0 Å². The molecule has 0 aromatic carbocycles. The second kappa shape index (κ2) is 5.74. The smallest absolute Gasteiger partial charge is 0.325 e. The van der Waals surface area contributed by atoms with Gasteiger partial charge < -0.3 is 15.5 Å². The van der Waals surface area contributed by atoms with E-state index in [0.29, 0.717) is 0 Å². The van der Waals surface area contributed by atoms with Crippen LogP contribution in [0.3, 0.4) is 0 Å². The predicted molar refractivity (Wildman–Crippen MR) is 68.2 cm³/mol. The minimum absolute atomic E-state index is 1.51. The number of nitrogens with zero attached hydrogens (tertiary/aromatic N) is 3. The summed E-state index contributed by atoms with van der Waals surface area (Å²) in [6.45, 7) is 0. The average Bonchev–Trinajstić information content (AvgIpc) is 2.33. The summed E-state index contributed by atoms with van der Waals surface area (Å²) in [6, 6.07) is 0. The van der Waals surface area contributed by atoms with Gasteiger partial charge in [-0.1, -0.05) is 0 Å². The zero-order valence-electron chi connectivity index (χ0n) is 10.8. The van der Waals surface area contributed by atoms with Gasteiger partial charge in [0.25, 0.3) is 42.2 Å². The van der Waals surface area contributed by atoms with Crippen LogP contribution in [0, 0.1) is 20.5 Å². The number of rotatable bonds is 3. The third-order valence-electron chi connectivity index (χ3n) is 2.74. The minimum atomic E-state index is -5.78. The van der Waals surface area contributed by atoms with Crippen molar-refractivity contribution < 1.29 is 56.2 Å². The summed E-state index contributed by atoms with van der Waals surface area (Å²) in [7, 11) is -11.5. The van der Waals surface area contributed by atoms with E-state index in [1.807, 2.05) is 0 Å². The highest BCUT2D eigenvalue weighted by Crippen LogP contribution is 2.29. The molecule has 18 heteroatoms. The lowest BCUT2D eigenvalue weighted by molar-refractivity contribution is -0.731. The largest absolute Gasteiger partial charge is 0.498 e. The monoisotopic (exact) mass is 393 g/mol. The zero-order chi connectivity index (χ0) is 19.2. The lowest BCUT2D eigenvalue weighted by atomic mass is 9.97. The maximum Gasteiger partial charge on any atom is 0.325 e. The Kier molecular flexibility index (Phi) is 4.63. The molecule has 16 nitrogen and oxygen atoms in total. The van der Waals surface area contributed by atoms with Crippen LogP contribution in [0.5, 0.6) is 0 Å². The lowest BCUT2D eigenvalue weighted by Crippen LogP contribution is -2.57. The van der Waals surface area contributed by atoms with E-state index < -0.39 is 68.3 Å². The normalized spacial score (nSPS) is 26.9. The second-order valence-corrected chi connectivity index (χ2v) is 7.14. The molecule has 0 spiro atoms. The minimum Gasteiger partial charge on any atom is -0.498 e. The van der Waals surface area contributed by atoms with Crippen molar-refractivity contribution >= 4 is 31.7 Å². The SMILES string of the molecule is O=[N+]([O-])C1=C(O)/C(=[N+](/[O-])O)C(S(=O)(=O)O)/C(=[N+](/[O-])O)C1S(=O)(=O)O. The molecule has 1 aliphatic rings. The Morgan fingerprint density at radius 1 is 0.875 bits per heavy atom. The van der Waals surface area contributed by atoms with Gasteiger partial charge in [-0.2, -0.15) is 16.8 Å². The molecule has 0 heterocycles. The summed E-state index contributed by atoms with van der Waals surface area (Å²) in [5.41, 5.74) is -6.06. The highest BCUT2D eigenvalue weighted by Gasteiger charge is 2.65. The quantitative estimate of drug-likeness (QED) is 0.107. The van der Waals surface area contributed by atoms with Crippen LogP contribution in [0.1, 0.15) is 0 Å².